The molecule has 1 aromatic rings. The SMILES string of the molecule is COC(=O)C[C@H]1c2ccc3c(c2CC[C@@]1(C)C(=O)OC)CCCC3. The van der Waals surface area contributed by atoms with Crippen molar-refractivity contribution >= 4 is 11.9 Å². The van der Waals surface area contributed by atoms with Gasteiger partial charge in [0.2, 0.25) is 0 Å². The van der Waals surface area contributed by atoms with Crippen molar-refractivity contribution < 1.29 is 19.1 Å². The maximum Gasteiger partial charge on any atom is 0.312 e. The Morgan fingerprint density at radius 1 is 1.08 bits per heavy atom. The Morgan fingerprint density at radius 2 is 1.83 bits per heavy atom. The Bertz CT molecular complexity index is 664. The molecule has 0 bridgehead atoms. The van der Waals surface area contributed by atoms with E-state index in [0.717, 1.165) is 24.8 Å². The second-order valence-electron chi connectivity index (χ2n) is 7.22. The van der Waals surface area contributed by atoms with Gasteiger partial charge in [-0.2, -0.15) is 0 Å². The van der Waals surface area contributed by atoms with Crippen molar-refractivity contribution in [2.24, 2.45) is 5.41 Å². The first-order valence-corrected chi connectivity index (χ1v) is 8.80. The molecular formula is C20H26O4. The topological polar surface area (TPSA) is 52.6 Å². The van der Waals surface area contributed by atoms with Crippen LogP contribution < -0.4 is 0 Å². The normalized spacial score (nSPS) is 25.4. The molecular weight excluding hydrogens is 304 g/mol. The number of carbonyl (C=O) groups excluding carboxylic acids is 2. The molecule has 2 aliphatic rings. The van der Waals surface area contributed by atoms with Gasteiger partial charge in [0.25, 0.3) is 0 Å². The highest BCUT2D eigenvalue weighted by atomic mass is 16.5. The summed E-state index contributed by atoms with van der Waals surface area (Å²) in [6.45, 7) is 1.93. The molecule has 2 atom stereocenters. The number of hydrogen-bond donors (Lipinski definition) is 0. The van der Waals surface area contributed by atoms with Gasteiger partial charge in [-0.05, 0) is 67.7 Å². The van der Waals surface area contributed by atoms with Crippen LogP contribution in [0.5, 0.6) is 0 Å². The molecule has 1 aromatic carbocycles. The molecule has 0 aromatic heterocycles. The minimum Gasteiger partial charge on any atom is -0.469 e. The molecule has 24 heavy (non-hydrogen) atoms. The van der Waals surface area contributed by atoms with E-state index in [1.807, 2.05) is 6.92 Å². The van der Waals surface area contributed by atoms with Gasteiger partial charge in [0.15, 0.2) is 0 Å². The minimum atomic E-state index is -0.682. The van der Waals surface area contributed by atoms with E-state index in [2.05, 4.69) is 12.1 Å². The van der Waals surface area contributed by atoms with Crippen LogP contribution in [0.4, 0.5) is 0 Å². The number of esters is 2. The van der Waals surface area contributed by atoms with E-state index >= 15 is 0 Å². The molecule has 0 unspecified atom stereocenters. The van der Waals surface area contributed by atoms with Crippen LogP contribution in [-0.2, 0) is 38.3 Å². The second kappa shape index (κ2) is 6.58. The van der Waals surface area contributed by atoms with Gasteiger partial charge in [-0.1, -0.05) is 12.1 Å². The van der Waals surface area contributed by atoms with Gasteiger partial charge in [-0.25, -0.2) is 0 Å². The van der Waals surface area contributed by atoms with E-state index in [-0.39, 0.29) is 24.3 Å². The molecule has 2 aliphatic carbocycles. The molecule has 4 nitrogen and oxygen atoms in total. The number of carbonyl (C=O) groups is 2. The van der Waals surface area contributed by atoms with Crippen molar-refractivity contribution in [3.63, 3.8) is 0 Å². The van der Waals surface area contributed by atoms with Crippen LogP contribution in [0.15, 0.2) is 12.1 Å². The van der Waals surface area contributed by atoms with Crippen LogP contribution in [0.3, 0.4) is 0 Å². The summed E-state index contributed by atoms with van der Waals surface area (Å²) in [4.78, 5) is 24.5. The van der Waals surface area contributed by atoms with Crippen LogP contribution >= 0.6 is 0 Å². The van der Waals surface area contributed by atoms with Gasteiger partial charge < -0.3 is 9.47 Å². The smallest absolute Gasteiger partial charge is 0.312 e. The molecule has 0 amide bonds. The monoisotopic (exact) mass is 330 g/mol. The van der Waals surface area contributed by atoms with Crippen molar-refractivity contribution in [1.82, 2.24) is 0 Å². The van der Waals surface area contributed by atoms with Gasteiger partial charge in [-0.3, -0.25) is 9.59 Å². The lowest BCUT2D eigenvalue weighted by atomic mass is 9.62. The molecule has 0 heterocycles. The summed E-state index contributed by atoms with van der Waals surface area (Å²) >= 11 is 0. The standard InChI is InChI=1S/C20H26O4/c1-20(19(22)24-3)11-10-15-14-7-5-4-6-13(14)8-9-16(15)17(20)12-18(21)23-2/h8-9,17H,4-7,10-12H2,1-3H3/t17-,20+/m0/s1. The molecule has 0 N–H and O–H groups in total. The van der Waals surface area contributed by atoms with Gasteiger partial charge in [-0.15, -0.1) is 0 Å². The average molecular weight is 330 g/mol. The zero-order valence-electron chi connectivity index (χ0n) is 14.8. The van der Waals surface area contributed by atoms with E-state index < -0.39 is 5.41 Å². The molecule has 0 saturated carbocycles. The Labute approximate surface area is 143 Å². The van der Waals surface area contributed by atoms with Crippen molar-refractivity contribution in [3.8, 4) is 0 Å². The minimum absolute atomic E-state index is 0.187. The van der Waals surface area contributed by atoms with Gasteiger partial charge >= 0.3 is 11.9 Å². The number of hydrogen-bond acceptors (Lipinski definition) is 4. The highest BCUT2D eigenvalue weighted by Crippen LogP contribution is 2.49. The lowest BCUT2D eigenvalue weighted by Gasteiger charge is -2.41. The van der Waals surface area contributed by atoms with Crippen molar-refractivity contribution in [2.45, 2.75) is 57.8 Å². The fourth-order valence-corrected chi connectivity index (χ4v) is 4.51. The molecule has 0 saturated heterocycles. The van der Waals surface area contributed by atoms with E-state index in [0.29, 0.717) is 6.42 Å². The predicted octanol–water partition coefficient (Wildman–Crippen LogP) is 3.34. The Balaban J connectivity index is 2.08. The van der Waals surface area contributed by atoms with Crippen molar-refractivity contribution in [1.29, 1.82) is 0 Å². The Morgan fingerprint density at radius 3 is 2.54 bits per heavy atom. The number of ether oxygens (including phenoxy) is 2. The van der Waals surface area contributed by atoms with Crippen LogP contribution in [0.25, 0.3) is 0 Å². The highest BCUT2D eigenvalue weighted by molar-refractivity contribution is 5.81. The highest BCUT2D eigenvalue weighted by Gasteiger charge is 2.47. The summed E-state index contributed by atoms with van der Waals surface area (Å²) in [5.41, 5.74) is 4.72. The number of rotatable bonds is 3. The summed E-state index contributed by atoms with van der Waals surface area (Å²) in [5, 5.41) is 0. The zero-order chi connectivity index (χ0) is 17.3. The molecule has 3 rings (SSSR count). The summed E-state index contributed by atoms with van der Waals surface area (Å²) in [5.74, 6) is -0.700. The van der Waals surface area contributed by atoms with Crippen LogP contribution in [0.1, 0.15) is 60.8 Å². The van der Waals surface area contributed by atoms with Crippen LogP contribution in [0, 0.1) is 5.41 Å². The summed E-state index contributed by atoms with van der Waals surface area (Å²) in [6.07, 6.45) is 6.52. The molecule has 0 radical (unpaired) electrons. The van der Waals surface area contributed by atoms with E-state index in [9.17, 15) is 9.59 Å². The van der Waals surface area contributed by atoms with E-state index in [1.54, 1.807) is 0 Å². The van der Waals surface area contributed by atoms with E-state index in [4.69, 9.17) is 9.47 Å². The summed E-state index contributed by atoms with van der Waals surface area (Å²) < 4.78 is 9.97. The van der Waals surface area contributed by atoms with Gasteiger partial charge in [0.1, 0.15) is 0 Å². The number of methoxy groups -OCH3 is 2. The van der Waals surface area contributed by atoms with Crippen LogP contribution in [0.2, 0.25) is 0 Å². The molecule has 0 spiro atoms. The first kappa shape index (κ1) is 17.0. The number of aryl methyl sites for hydroxylation is 1. The maximum atomic E-state index is 12.5. The zero-order valence-corrected chi connectivity index (χ0v) is 14.8. The molecule has 130 valence electrons. The Hall–Kier alpha value is -1.84. The second-order valence-corrected chi connectivity index (χ2v) is 7.22. The third-order valence-corrected chi connectivity index (χ3v) is 5.98. The van der Waals surface area contributed by atoms with Crippen molar-refractivity contribution in [2.75, 3.05) is 14.2 Å². The average Bonchev–Trinajstić information content (AvgIpc) is 2.62. The lowest BCUT2D eigenvalue weighted by molar-refractivity contribution is -0.155. The first-order valence-electron chi connectivity index (χ1n) is 8.80. The van der Waals surface area contributed by atoms with Gasteiger partial charge in [0, 0.05) is 5.92 Å². The fourth-order valence-electron chi connectivity index (χ4n) is 4.51. The molecule has 0 fully saturated rings. The Kier molecular flexibility index (Phi) is 4.66. The third-order valence-electron chi connectivity index (χ3n) is 5.98. The number of benzene rings is 1. The van der Waals surface area contributed by atoms with E-state index in [1.165, 1.54) is 43.8 Å². The molecule has 4 heteroatoms. The largest absolute Gasteiger partial charge is 0.469 e. The lowest BCUT2D eigenvalue weighted by Crippen LogP contribution is -2.40. The van der Waals surface area contributed by atoms with Gasteiger partial charge in [0.05, 0.1) is 26.1 Å². The summed E-state index contributed by atoms with van der Waals surface area (Å²) in [7, 11) is 2.82. The maximum absolute atomic E-state index is 12.5. The quantitative estimate of drug-likeness (QED) is 0.798. The van der Waals surface area contributed by atoms with Crippen molar-refractivity contribution in [3.05, 3.63) is 34.4 Å². The fraction of sp³-hybridized carbons (Fsp3) is 0.600. The number of fused-ring (bicyclic) bond motifs is 3. The molecule has 0 aliphatic heterocycles. The van der Waals surface area contributed by atoms with Crippen LogP contribution in [-0.4, -0.2) is 26.2 Å². The first-order chi connectivity index (χ1) is 11.5. The predicted molar refractivity (Wildman–Crippen MR) is 90.9 cm³/mol. The summed E-state index contributed by atoms with van der Waals surface area (Å²) in [6, 6.07) is 4.33. The third kappa shape index (κ3) is 2.72.